The summed E-state index contributed by atoms with van der Waals surface area (Å²) in [5, 5.41) is 0.255. The standard InChI is InChI=1S/C24H17Cl2F6NO/c25-20-7-3-15(4-8-20)9-10-33(14-16-1-5-18(6-2-16)23(27,28)29)22(34)17-11-19(24(30,31)32)13-21(26)12-17/h1-8,11-13H,9-10,14H2. The van der Waals surface area contributed by atoms with E-state index in [1.54, 1.807) is 24.3 Å². The smallest absolute Gasteiger partial charge is 0.334 e. The van der Waals surface area contributed by atoms with Gasteiger partial charge in [-0.25, -0.2) is 0 Å². The number of hydrogen-bond acceptors (Lipinski definition) is 1. The first-order valence-electron chi connectivity index (χ1n) is 9.90. The minimum atomic E-state index is -4.71. The highest BCUT2D eigenvalue weighted by Gasteiger charge is 2.32. The van der Waals surface area contributed by atoms with Crippen LogP contribution in [0.4, 0.5) is 26.3 Å². The summed E-state index contributed by atoms with van der Waals surface area (Å²) < 4.78 is 78.2. The molecule has 3 aromatic carbocycles. The van der Waals surface area contributed by atoms with Crippen molar-refractivity contribution in [2.24, 2.45) is 0 Å². The van der Waals surface area contributed by atoms with Crippen molar-refractivity contribution >= 4 is 29.1 Å². The van der Waals surface area contributed by atoms with Crippen LogP contribution in [0.3, 0.4) is 0 Å². The minimum absolute atomic E-state index is 0.0926. The first kappa shape index (κ1) is 25.9. The van der Waals surface area contributed by atoms with Crippen molar-refractivity contribution in [2.45, 2.75) is 25.3 Å². The van der Waals surface area contributed by atoms with Crippen molar-refractivity contribution in [1.29, 1.82) is 0 Å². The third-order valence-corrected chi connectivity index (χ3v) is 5.47. The molecule has 0 fully saturated rings. The molecule has 0 radical (unpaired) electrons. The summed E-state index contributed by atoms with van der Waals surface area (Å²) >= 11 is 11.7. The average molecular weight is 520 g/mol. The molecule has 0 aliphatic heterocycles. The molecule has 0 aliphatic rings. The van der Waals surface area contributed by atoms with Gasteiger partial charge in [-0.3, -0.25) is 4.79 Å². The van der Waals surface area contributed by atoms with E-state index in [2.05, 4.69) is 0 Å². The largest absolute Gasteiger partial charge is 0.416 e. The van der Waals surface area contributed by atoms with Crippen LogP contribution in [0.5, 0.6) is 0 Å². The number of benzene rings is 3. The molecule has 3 rings (SSSR count). The number of hydrogen-bond donors (Lipinski definition) is 0. The minimum Gasteiger partial charge on any atom is -0.334 e. The first-order valence-corrected chi connectivity index (χ1v) is 10.7. The van der Waals surface area contributed by atoms with Crippen LogP contribution < -0.4 is 0 Å². The zero-order chi connectivity index (χ0) is 25.1. The molecule has 0 bridgehead atoms. The maximum absolute atomic E-state index is 13.2. The van der Waals surface area contributed by atoms with Crippen molar-refractivity contribution in [3.63, 3.8) is 0 Å². The fraction of sp³-hybridized carbons (Fsp3) is 0.208. The number of rotatable bonds is 6. The number of alkyl halides is 6. The topological polar surface area (TPSA) is 20.3 Å². The van der Waals surface area contributed by atoms with Crippen molar-refractivity contribution in [2.75, 3.05) is 6.54 Å². The van der Waals surface area contributed by atoms with Crippen LogP contribution in [0.15, 0.2) is 66.7 Å². The van der Waals surface area contributed by atoms with Gasteiger partial charge in [-0.1, -0.05) is 47.5 Å². The van der Waals surface area contributed by atoms with Gasteiger partial charge < -0.3 is 4.90 Å². The van der Waals surface area contributed by atoms with Crippen LogP contribution >= 0.6 is 23.2 Å². The zero-order valence-electron chi connectivity index (χ0n) is 17.4. The molecule has 0 saturated heterocycles. The van der Waals surface area contributed by atoms with Crippen LogP contribution in [-0.2, 0) is 25.3 Å². The Morgan fingerprint density at radius 3 is 1.82 bits per heavy atom. The maximum atomic E-state index is 13.2. The Balaban J connectivity index is 1.89. The molecule has 0 aromatic heterocycles. The van der Waals surface area contributed by atoms with E-state index in [4.69, 9.17) is 23.2 Å². The third-order valence-electron chi connectivity index (χ3n) is 5.00. The Hall–Kier alpha value is -2.71. The normalized spacial score (nSPS) is 12.0. The number of nitrogens with zero attached hydrogens (tertiary/aromatic N) is 1. The summed E-state index contributed by atoms with van der Waals surface area (Å²) in [7, 11) is 0. The maximum Gasteiger partial charge on any atom is 0.416 e. The van der Waals surface area contributed by atoms with Crippen molar-refractivity contribution in [1.82, 2.24) is 4.90 Å². The lowest BCUT2D eigenvalue weighted by Gasteiger charge is -2.24. The SMILES string of the molecule is O=C(c1cc(Cl)cc(C(F)(F)F)c1)N(CCc1ccc(Cl)cc1)Cc1ccc(C(F)(F)F)cc1. The molecule has 0 spiro atoms. The van der Waals surface area contributed by atoms with E-state index < -0.39 is 29.4 Å². The third kappa shape index (κ3) is 6.90. The van der Waals surface area contributed by atoms with Gasteiger partial charge >= 0.3 is 12.4 Å². The Labute approximate surface area is 201 Å². The van der Waals surface area contributed by atoms with Gasteiger partial charge in [0.2, 0.25) is 0 Å². The van der Waals surface area contributed by atoms with Crippen LogP contribution in [0.1, 0.15) is 32.6 Å². The Morgan fingerprint density at radius 2 is 1.26 bits per heavy atom. The molecule has 3 aromatic rings. The Bertz CT molecular complexity index is 1140. The molecule has 0 saturated carbocycles. The molecule has 180 valence electrons. The molecule has 34 heavy (non-hydrogen) atoms. The number of carbonyl (C=O) groups excluding carboxylic acids is 1. The molecule has 0 unspecified atom stereocenters. The van der Waals surface area contributed by atoms with E-state index in [9.17, 15) is 31.1 Å². The predicted molar refractivity (Wildman–Crippen MR) is 118 cm³/mol. The molecule has 0 aliphatic carbocycles. The van der Waals surface area contributed by atoms with Crippen molar-refractivity contribution in [3.8, 4) is 0 Å². The summed E-state index contributed by atoms with van der Waals surface area (Å²) in [6.07, 6.45) is -8.88. The van der Waals surface area contributed by atoms with E-state index in [0.717, 1.165) is 23.8 Å². The summed E-state index contributed by atoms with van der Waals surface area (Å²) in [5.41, 5.74) is -0.995. The Morgan fingerprint density at radius 1 is 0.706 bits per heavy atom. The quantitative estimate of drug-likeness (QED) is 0.303. The molecular weight excluding hydrogens is 503 g/mol. The van der Waals surface area contributed by atoms with Gasteiger partial charge in [0.15, 0.2) is 0 Å². The second-order valence-corrected chi connectivity index (χ2v) is 8.40. The summed E-state index contributed by atoms with van der Waals surface area (Å²) in [5.74, 6) is -0.734. The van der Waals surface area contributed by atoms with E-state index in [0.29, 0.717) is 29.1 Å². The highest BCUT2D eigenvalue weighted by Crippen LogP contribution is 2.33. The van der Waals surface area contributed by atoms with Crippen molar-refractivity contribution in [3.05, 3.63) is 105 Å². The molecule has 0 heterocycles. The van der Waals surface area contributed by atoms with Gasteiger partial charge in [0.25, 0.3) is 5.91 Å². The molecule has 1 amide bonds. The summed E-state index contributed by atoms with van der Waals surface area (Å²) in [4.78, 5) is 14.4. The van der Waals surface area contributed by atoms with Crippen LogP contribution in [0.2, 0.25) is 10.0 Å². The lowest BCUT2D eigenvalue weighted by molar-refractivity contribution is -0.138. The van der Waals surface area contributed by atoms with Gasteiger partial charge in [-0.2, -0.15) is 26.3 Å². The van der Waals surface area contributed by atoms with E-state index in [-0.39, 0.29) is 23.7 Å². The van der Waals surface area contributed by atoms with Crippen LogP contribution in [0, 0.1) is 0 Å². The van der Waals surface area contributed by atoms with Gasteiger partial charge in [0, 0.05) is 28.7 Å². The molecule has 0 atom stereocenters. The fourth-order valence-corrected chi connectivity index (χ4v) is 3.61. The molecule has 2 nitrogen and oxygen atoms in total. The first-order chi connectivity index (χ1) is 15.8. The van der Waals surface area contributed by atoms with Crippen LogP contribution in [0.25, 0.3) is 0 Å². The lowest BCUT2D eigenvalue weighted by Crippen LogP contribution is -2.32. The van der Waals surface area contributed by atoms with Gasteiger partial charge in [-0.15, -0.1) is 0 Å². The fourth-order valence-electron chi connectivity index (χ4n) is 3.25. The lowest BCUT2D eigenvalue weighted by atomic mass is 10.1. The average Bonchev–Trinajstić information content (AvgIpc) is 2.76. The Kier molecular flexibility index (Phi) is 7.83. The highest BCUT2D eigenvalue weighted by atomic mass is 35.5. The molecule has 10 heteroatoms. The van der Waals surface area contributed by atoms with E-state index >= 15 is 0 Å². The van der Waals surface area contributed by atoms with Gasteiger partial charge in [-0.05, 0) is 60.0 Å². The van der Waals surface area contributed by atoms with Crippen LogP contribution in [-0.4, -0.2) is 17.4 Å². The summed E-state index contributed by atoms with van der Waals surface area (Å²) in [6.45, 7) is -0.0201. The summed E-state index contributed by atoms with van der Waals surface area (Å²) in [6, 6.07) is 13.6. The number of amides is 1. The van der Waals surface area contributed by atoms with Gasteiger partial charge in [0.1, 0.15) is 0 Å². The zero-order valence-corrected chi connectivity index (χ0v) is 18.9. The highest BCUT2D eigenvalue weighted by molar-refractivity contribution is 6.31. The number of carbonyl (C=O) groups is 1. The van der Waals surface area contributed by atoms with Crippen molar-refractivity contribution < 1.29 is 31.1 Å². The van der Waals surface area contributed by atoms with E-state index in [1.807, 2.05) is 0 Å². The molecule has 0 N–H and O–H groups in total. The monoisotopic (exact) mass is 519 g/mol. The van der Waals surface area contributed by atoms with Gasteiger partial charge in [0.05, 0.1) is 11.1 Å². The molecular formula is C24H17Cl2F6NO. The second kappa shape index (κ2) is 10.3. The number of halogens is 8. The predicted octanol–water partition coefficient (Wildman–Crippen LogP) is 7.92. The second-order valence-electron chi connectivity index (χ2n) is 7.52. The van der Waals surface area contributed by atoms with E-state index in [1.165, 1.54) is 17.0 Å².